The number of aromatic nitrogens is 1. The molecule has 0 bridgehead atoms. The van der Waals surface area contributed by atoms with Gasteiger partial charge in [0.2, 0.25) is 11.3 Å². The summed E-state index contributed by atoms with van der Waals surface area (Å²) in [6.45, 7) is 7.06. The molecule has 4 aromatic rings. The van der Waals surface area contributed by atoms with Crippen molar-refractivity contribution in [2.45, 2.75) is 71.8 Å². The first-order valence-electron chi connectivity index (χ1n) is 18.9. The van der Waals surface area contributed by atoms with E-state index in [1.165, 1.54) is 50.1 Å². The molecule has 0 aliphatic carbocycles. The van der Waals surface area contributed by atoms with Gasteiger partial charge >= 0.3 is 24.3 Å². The van der Waals surface area contributed by atoms with Crippen molar-refractivity contribution in [2.75, 3.05) is 36.4 Å². The highest BCUT2D eigenvalue weighted by Gasteiger charge is 2.47. The SMILES string of the molecule is CCn1cc(C(=O)O)c(=O)c2cc(F)c(N3CCN(C(=O)OCc4ccc(NC(=O)C(C)N[C@@H]([C@@H](NC(=O)OCc5ccccc5)C(C)C)C(F)(F)F)cc4)CC3)cc21. The van der Waals surface area contributed by atoms with Crippen molar-refractivity contribution >= 4 is 46.3 Å². The second-order valence-electron chi connectivity index (χ2n) is 14.4. The van der Waals surface area contributed by atoms with E-state index in [4.69, 9.17) is 9.47 Å². The lowest BCUT2D eigenvalue weighted by molar-refractivity contribution is -0.167. The van der Waals surface area contributed by atoms with Crippen molar-refractivity contribution in [1.29, 1.82) is 0 Å². The monoisotopic (exact) mass is 826 g/mol. The zero-order valence-electron chi connectivity index (χ0n) is 32.8. The molecule has 2 heterocycles. The molecule has 1 unspecified atom stereocenters. The number of aryl methyl sites for hydroxylation is 1. The first kappa shape index (κ1) is 43.9. The van der Waals surface area contributed by atoms with E-state index < -0.39 is 71.1 Å². The number of nitrogens with one attached hydrogen (secondary N) is 3. The van der Waals surface area contributed by atoms with Gasteiger partial charge in [-0.1, -0.05) is 56.3 Å². The number of aromatic carboxylic acids is 1. The van der Waals surface area contributed by atoms with Gasteiger partial charge in [-0.25, -0.2) is 18.8 Å². The van der Waals surface area contributed by atoms with Gasteiger partial charge in [0.25, 0.3) is 0 Å². The summed E-state index contributed by atoms with van der Waals surface area (Å²) < 4.78 is 70.4. The number of ether oxygens (including phenoxy) is 2. The molecule has 5 rings (SSSR count). The predicted octanol–water partition coefficient (Wildman–Crippen LogP) is 6.12. The Hall–Kier alpha value is -6.17. The fourth-order valence-electron chi connectivity index (χ4n) is 6.64. The normalized spacial score (nSPS) is 14.7. The fourth-order valence-corrected chi connectivity index (χ4v) is 6.64. The molecule has 0 radical (unpaired) electrons. The zero-order valence-corrected chi connectivity index (χ0v) is 32.8. The number of amides is 3. The van der Waals surface area contributed by atoms with Crippen LogP contribution in [-0.2, 0) is 34.0 Å². The molecule has 18 heteroatoms. The number of hydrogen-bond donors (Lipinski definition) is 4. The maximum atomic E-state index is 15.3. The number of benzene rings is 3. The smallest absolute Gasteiger partial charge is 0.410 e. The van der Waals surface area contributed by atoms with Gasteiger partial charge in [0.05, 0.1) is 23.3 Å². The first-order valence-corrected chi connectivity index (χ1v) is 18.9. The van der Waals surface area contributed by atoms with Gasteiger partial charge in [-0.3, -0.25) is 14.9 Å². The molecule has 1 aliphatic rings. The van der Waals surface area contributed by atoms with Crippen LogP contribution < -0.4 is 26.3 Å². The van der Waals surface area contributed by atoms with E-state index >= 15 is 4.39 Å². The summed E-state index contributed by atoms with van der Waals surface area (Å²) in [6.07, 6.45) is -5.24. The quantitative estimate of drug-likeness (QED) is 0.109. The average Bonchev–Trinajstić information content (AvgIpc) is 3.20. The molecule has 14 nitrogen and oxygen atoms in total. The standard InChI is InChI=1S/C41H46F4N6O8/c1-5-49-21-30(38(54)55)35(52)29-19-31(42)33(20-32(29)49)50-15-17-51(18-16-50)40(57)59-23-27-11-13-28(14-12-27)47-37(53)25(4)46-36(41(43,44)45)34(24(2)3)48-39(56)58-22-26-9-7-6-8-10-26/h6-14,19-21,24-25,34,36,46H,5,15-18,22-23H2,1-4H3,(H,47,53)(H,48,56)(H,54,55)/t25?,34-,36-/m0/s1. The van der Waals surface area contributed by atoms with Crippen LogP contribution in [0.4, 0.5) is 38.5 Å². The first-order chi connectivity index (χ1) is 28.0. The number of carboxylic acids is 1. The number of carboxylic acid groups (broad SMARTS) is 1. The number of halogens is 4. The summed E-state index contributed by atoms with van der Waals surface area (Å²) in [4.78, 5) is 65.8. The number of nitrogens with zero attached hydrogens (tertiary/aromatic N) is 3. The molecular weight excluding hydrogens is 780 g/mol. The Labute approximate surface area is 337 Å². The molecule has 1 fully saturated rings. The summed E-state index contributed by atoms with van der Waals surface area (Å²) in [6, 6.07) is 12.3. The maximum Gasteiger partial charge on any atom is 0.410 e. The Morgan fingerprint density at radius 2 is 1.51 bits per heavy atom. The lowest BCUT2D eigenvalue weighted by atomic mass is 9.95. The minimum absolute atomic E-state index is 0.0450. The third-order valence-corrected chi connectivity index (χ3v) is 9.93. The van der Waals surface area contributed by atoms with Crippen molar-refractivity contribution in [2.24, 2.45) is 5.92 Å². The fraction of sp³-hybridized carbons (Fsp3) is 0.390. The van der Waals surface area contributed by atoms with Crippen LogP contribution in [0, 0.1) is 11.7 Å². The van der Waals surface area contributed by atoms with Gasteiger partial charge in [-0.2, -0.15) is 13.2 Å². The average molecular weight is 827 g/mol. The minimum atomic E-state index is -4.84. The van der Waals surface area contributed by atoms with Gasteiger partial charge in [0, 0.05) is 50.0 Å². The number of alkyl carbamates (subject to hydrolysis) is 1. The Morgan fingerprint density at radius 1 is 0.881 bits per heavy atom. The molecule has 1 aromatic heterocycles. The van der Waals surface area contributed by atoms with E-state index in [1.807, 2.05) is 0 Å². The molecule has 3 atom stereocenters. The number of pyridine rings is 1. The third kappa shape index (κ3) is 11.1. The topological polar surface area (TPSA) is 172 Å². The zero-order chi connectivity index (χ0) is 43.0. The highest BCUT2D eigenvalue weighted by atomic mass is 19.4. The number of hydrogen-bond acceptors (Lipinski definition) is 9. The molecule has 59 heavy (non-hydrogen) atoms. The van der Waals surface area contributed by atoms with Gasteiger partial charge in [-0.05, 0) is 55.2 Å². The number of carbonyl (C=O) groups is 4. The molecule has 3 amide bonds. The van der Waals surface area contributed by atoms with Crippen molar-refractivity contribution in [3.05, 3.63) is 106 Å². The van der Waals surface area contributed by atoms with E-state index in [0.29, 0.717) is 23.2 Å². The minimum Gasteiger partial charge on any atom is -0.477 e. The van der Waals surface area contributed by atoms with E-state index in [0.717, 1.165) is 6.07 Å². The Kier molecular flexibility index (Phi) is 14.2. The van der Waals surface area contributed by atoms with Crippen molar-refractivity contribution in [3.63, 3.8) is 0 Å². The maximum absolute atomic E-state index is 15.3. The van der Waals surface area contributed by atoms with Gasteiger partial charge in [0.1, 0.15) is 30.6 Å². The van der Waals surface area contributed by atoms with Crippen LogP contribution in [0.15, 0.2) is 77.7 Å². The van der Waals surface area contributed by atoms with Gasteiger partial charge < -0.3 is 39.6 Å². The highest BCUT2D eigenvalue weighted by molar-refractivity contribution is 5.95. The lowest BCUT2D eigenvalue weighted by Gasteiger charge is -2.35. The summed E-state index contributed by atoms with van der Waals surface area (Å²) in [5, 5.41) is 16.6. The Morgan fingerprint density at radius 3 is 2.10 bits per heavy atom. The largest absolute Gasteiger partial charge is 0.477 e. The number of carbonyl (C=O) groups excluding carboxylic acids is 3. The second kappa shape index (κ2) is 19.1. The molecule has 316 valence electrons. The van der Waals surface area contributed by atoms with E-state index in [-0.39, 0.29) is 56.2 Å². The highest BCUT2D eigenvalue weighted by Crippen LogP contribution is 2.28. The molecule has 1 saturated heterocycles. The van der Waals surface area contributed by atoms with Crippen LogP contribution in [0.1, 0.15) is 49.2 Å². The number of fused-ring (bicyclic) bond motifs is 1. The lowest BCUT2D eigenvalue weighted by Crippen LogP contribution is -2.62. The van der Waals surface area contributed by atoms with Crippen LogP contribution in [0.25, 0.3) is 10.9 Å². The third-order valence-electron chi connectivity index (χ3n) is 9.93. The van der Waals surface area contributed by atoms with Crippen molar-refractivity contribution < 1.29 is 51.3 Å². The van der Waals surface area contributed by atoms with Crippen LogP contribution in [0.2, 0.25) is 0 Å². The summed E-state index contributed by atoms with van der Waals surface area (Å²) in [5.41, 5.74) is 0.869. The summed E-state index contributed by atoms with van der Waals surface area (Å²) in [7, 11) is 0. The molecule has 4 N–H and O–H groups in total. The number of alkyl halides is 3. The van der Waals surface area contributed by atoms with Gasteiger partial charge in [-0.15, -0.1) is 0 Å². The van der Waals surface area contributed by atoms with Gasteiger partial charge in [0.15, 0.2) is 0 Å². The van der Waals surface area contributed by atoms with Crippen LogP contribution in [0.3, 0.4) is 0 Å². The summed E-state index contributed by atoms with van der Waals surface area (Å²) >= 11 is 0. The number of rotatable bonds is 14. The van der Waals surface area contributed by atoms with Crippen molar-refractivity contribution in [1.82, 2.24) is 20.1 Å². The molecule has 0 saturated carbocycles. The van der Waals surface area contributed by atoms with Crippen LogP contribution >= 0.6 is 0 Å². The van der Waals surface area contributed by atoms with E-state index in [2.05, 4.69) is 16.0 Å². The molecule has 3 aromatic carbocycles. The second-order valence-corrected chi connectivity index (χ2v) is 14.4. The van der Waals surface area contributed by atoms with E-state index in [9.17, 15) is 42.3 Å². The molecule has 0 spiro atoms. The molecule has 1 aliphatic heterocycles. The molecular formula is C41H46F4N6O8. The Bertz CT molecular complexity index is 2190. The van der Waals surface area contributed by atoms with E-state index in [1.54, 1.807) is 58.9 Å². The number of anilines is 2. The van der Waals surface area contributed by atoms with Crippen LogP contribution in [0.5, 0.6) is 0 Å². The number of piperazine rings is 1. The summed E-state index contributed by atoms with van der Waals surface area (Å²) in [5.74, 6) is -3.55. The predicted molar refractivity (Wildman–Crippen MR) is 211 cm³/mol. The van der Waals surface area contributed by atoms with Crippen LogP contribution in [-0.4, -0.2) is 89.1 Å². The van der Waals surface area contributed by atoms with Crippen molar-refractivity contribution in [3.8, 4) is 0 Å². The Balaban J connectivity index is 1.11.